The van der Waals surface area contributed by atoms with Gasteiger partial charge in [0.1, 0.15) is 0 Å². The van der Waals surface area contributed by atoms with Crippen molar-refractivity contribution in [2.45, 2.75) is 6.43 Å². The maximum Gasteiger partial charge on any atom is 0.256 e. The Morgan fingerprint density at radius 3 is 2.82 bits per heavy atom. The molecule has 0 fully saturated rings. The minimum Gasteiger partial charge on any atom is -0.336 e. The van der Waals surface area contributed by atoms with Gasteiger partial charge in [-0.2, -0.15) is 0 Å². The summed E-state index contributed by atoms with van der Waals surface area (Å²) in [6.07, 6.45) is -1.53. The van der Waals surface area contributed by atoms with E-state index in [1.54, 1.807) is 0 Å². The molecule has 1 aromatic heterocycles. The number of carbonyl (C=O) groups is 1. The Hall–Kier alpha value is -1.83. The van der Waals surface area contributed by atoms with Crippen LogP contribution >= 0.6 is 0 Å². The van der Waals surface area contributed by atoms with Gasteiger partial charge in [-0.25, -0.2) is 24.0 Å². The summed E-state index contributed by atoms with van der Waals surface area (Å²) in [7, 11) is 1.16. The fourth-order valence-corrected chi connectivity index (χ4v) is 1.21. The van der Waals surface area contributed by atoms with E-state index < -0.39 is 24.7 Å². The average Bonchev–Trinajstić information content (AvgIpc) is 2.27. The first-order chi connectivity index (χ1) is 7.97. The van der Waals surface area contributed by atoms with E-state index in [2.05, 4.69) is 4.98 Å². The molecule has 0 unspecified atom stereocenters. The van der Waals surface area contributed by atoms with Crippen molar-refractivity contribution >= 4 is 11.7 Å². The zero-order chi connectivity index (χ0) is 13.0. The lowest BCUT2D eigenvalue weighted by atomic mass is 10.2. The summed E-state index contributed by atoms with van der Waals surface area (Å²) in [5.41, 5.74) is 1.60. The van der Waals surface area contributed by atoms with Gasteiger partial charge in [-0.3, -0.25) is 4.79 Å². The van der Waals surface area contributed by atoms with Crippen molar-refractivity contribution in [3.8, 4) is 0 Å². The molecule has 17 heavy (non-hydrogen) atoms. The molecule has 0 aliphatic heterocycles. The molecule has 0 aliphatic carbocycles. The number of aromatic nitrogens is 1. The molecule has 3 N–H and O–H groups in total. The van der Waals surface area contributed by atoms with Crippen LogP contribution in [-0.4, -0.2) is 35.8 Å². The van der Waals surface area contributed by atoms with E-state index in [1.165, 1.54) is 0 Å². The number of nitrogens with two attached hydrogens (primary N) is 1. The predicted molar refractivity (Wildman–Crippen MR) is 55.0 cm³/mol. The Kier molecular flexibility index (Phi) is 4.27. The Morgan fingerprint density at radius 2 is 2.29 bits per heavy atom. The third-order valence-electron chi connectivity index (χ3n) is 2.01. The minimum atomic E-state index is -2.68. The predicted octanol–water partition coefficient (Wildman–Crippen LogP) is 0.843. The van der Waals surface area contributed by atoms with Crippen LogP contribution in [0.1, 0.15) is 10.4 Å². The number of amides is 1. The highest BCUT2D eigenvalue weighted by Crippen LogP contribution is 2.15. The molecular weight excluding hydrogens is 237 g/mol. The Balaban J connectivity index is 2.96. The highest BCUT2D eigenvalue weighted by molar-refractivity contribution is 5.95. The van der Waals surface area contributed by atoms with Gasteiger partial charge in [-0.05, 0) is 6.07 Å². The fourth-order valence-electron chi connectivity index (χ4n) is 1.21. The molecule has 1 amide bonds. The van der Waals surface area contributed by atoms with Gasteiger partial charge in [0.25, 0.3) is 12.3 Å². The second-order valence-corrected chi connectivity index (χ2v) is 3.24. The van der Waals surface area contributed by atoms with Gasteiger partial charge in [0.05, 0.1) is 12.1 Å². The number of hydrogen-bond acceptors (Lipinski definition) is 4. The van der Waals surface area contributed by atoms with Crippen molar-refractivity contribution in [3.05, 3.63) is 23.6 Å². The maximum absolute atomic E-state index is 13.6. The van der Waals surface area contributed by atoms with Crippen LogP contribution in [-0.2, 0) is 0 Å². The van der Waals surface area contributed by atoms with E-state index in [-0.39, 0.29) is 11.4 Å². The molecule has 8 heteroatoms. The zero-order valence-electron chi connectivity index (χ0n) is 8.95. The number of nitrogens with zero attached hydrogens (tertiary/aromatic N) is 2. The zero-order valence-corrected chi connectivity index (χ0v) is 8.95. The van der Waals surface area contributed by atoms with Crippen molar-refractivity contribution in [2.24, 2.45) is 5.84 Å². The van der Waals surface area contributed by atoms with E-state index in [4.69, 9.17) is 5.84 Å². The molecule has 0 atom stereocenters. The van der Waals surface area contributed by atoms with Gasteiger partial charge in [0.2, 0.25) is 0 Å². The third-order valence-corrected chi connectivity index (χ3v) is 2.01. The summed E-state index contributed by atoms with van der Waals surface area (Å²) in [5.74, 6) is 2.83. The molecule has 0 aliphatic rings. The van der Waals surface area contributed by atoms with Crippen LogP contribution in [0.3, 0.4) is 0 Å². The highest BCUT2D eigenvalue weighted by atomic mass is 19.3. The van der Waals surface area contributed by atoms with E-state index in [0.717, 1.165) is 24.2 Å². The molecule has 0 radical (unpaired) electrons. The molecule has 1 heterocycles. The van der Waals surface area contributed by atoms with Crippen LogP contribution in [0.25, 0.3) is 0 Å². The smallest absolute Gasteiger partial charge is 0.256 e. The summed E-state index contributed by atoms with van der Waals surface area (Å²) in [4.78, 5) is 15.9. The Morgan fingerprint density at radius 1 is 1.65 bits per heavy atom. The number of alkyl halides is 2. The van der Waals surface area contributed by atoms with Crippen LogP contribution in [0.2, 0.25) is 0 Å². The number of rotatable bonds is 4. The van der Waals surface area contributed by atoms with E-state index in [9.17, 15) is 18.0 Å². The van der Waals surface area contributed by atoms with Crippen molar-refractivity contribution in [1.29, 1.82) is 0 Å². The van der Waals surface area contributed by atoms with Gasteiger partial charge < -0.3 is 10.3 Å². The van der Waals surface area contributed by atoms with Gasteiger partial charge in [-0.15, -0.1) is 0 Å². The van der Waals surface area contributed by atoms with Gasteiger partial charge >= 0.3 is 0 Å². The lowest BCUT2D eigenvalue weighted by Gasteiger charge is -2.17. The summed E-state index contributed by atoms with van der Waals surface area (Å²) in [5, 5.41) is 0. The van der Waals surface area contributed by atoms with Crippen molar-refractivity contribution in [2.75, 3.05) is 19.0 Å². The lowest BCUT2D eigenvalue weighted by Crippen LogP contribution is -2.32. The lowest BCUT2D eigenvalue weighted by molar-refractivity contribution is 0.0616. The maximum atomic E-state index is 13.6. The summed E-state index contributed by atoms with van der Waals surface area (Å²) < 4.78 is 37.7. The van der Waals surface area contributed by atoms with E-state index >= 15 is 0 Å². The van der Waals surface area contributed by atoms with Crippen LogP contribution in [0.15, 0.2) is 12.3 Å². The van der Waals surface area contributed by atoms with Gasteiger partial charge in [-0.1, -0.05) is 0 Å². The van der Waals surface area contributed by atoms with Gasteiger partial charge in [0, 0.05) is 13.2 Å². The van der Waals surface area contributed by atoms with Gasteiger partial charge in [0.15, 0.2) is 11.6 Å². The molecule has 0 saturated carbocycles. The molecule has 0 spiro atoms. The SMILES string of the molecule is CN(CC(F)F)C(=O)c1ccnc(NN)c1F. The highest BCUT2D eigenvalue weighted by Gasteiger charge is 2.21. The summed E-state index contributed by atoms with van der Waals surface area (Å²) in [6.45, 7) is -0.772. The first-order valence-electron chi connectivity index (χ1n) is 4.62. The summed E-state index contributed by atoms with van der Waals surface area (Å²) >= 11 is 0. The first kappa shape index (κ1) is 13.2. The van der Waals surface area contributed by atoms with E-state index in [1.807, 2.05) is 5.43 Å². The standard InChI is InChI=1S/C9H11F3N4O/c1-16(4-6(10)11)9(17)5-2-3-14-8(15-13)7(5)12/h2-3,6H,4,13H2,1H3,(H,14,15). The fraction of sp³-hybridized carbons (Fsp3) is 0.333. The molecule has 1 rings (SSSR count). The first-order valence-corrected chi connectivity index (χ1v) is 4.62. The molecule has 0 saturated heterocycles. The van der Waals surface area contributed by atoms with Crippen molar-refractivity contribution in [1.82, 2.24) is 9.88 Å². The van der Waals surface area contributed by atoms with Crippen LogP contribution in [0, 0.1) is 5.82 Å². The number of anilines is 1. The molecule has 94 valence electrons. The van der Waals surface area contributed by atoms with E-state index in [0.29, 0.717) is 0 Å². The average molecular weight is 248 g/mol. The molecule has 0 bridgehead atoms. The number of pyridine rings is 1. The number of hydrazine groups is 1. The Bertz CT molecular complexity index is 413. The number of hydrogen-bond donors (Lipinski definition) is 2. The number of carbonyl (C=O) groups excluding carboxylic acids is 1. The minimum absolute atomic E-state index is 0.318. The van der Waals surface area contributed by atoms with Crippen LogP contribution in [0.5, 0.6) is 0 Å². The third kappa shape index (κ3) is 3.06. The second-order valence-electron chi connectivity index (χ2n) is 3.24. The number of halogens is 3. The molecular formula is C9H11F3N4O. The normalized spacial score (nSPS) is 10.5. The summed E-state index contributed by atoms with van der Waals surface area (Å²) in [6, 6.07) is 1.10. The number of nitrogen functional groups attached to an aromatic ring is 1. The Labute approximate surface area is 95.4 Å². The second kappa shape index (κ2) is 5.48. The monoisotopic (exact) mass is 248 g/mol. The van der Waals surface area contributed by atoms with Crippen molar-refractivity contribution in [3.63, 3.8) is 0 Å². The number of nitrogens with one attached hydrogen (secondary N) is 1. The van der Waals surface area contributed by atoms with Crippen molar-refractivity contribution < 1.29 is 18.0 Å². The molecule has 0 aromatic carbocycles. The van der Waals surface area contributed by atoms with Crippen LogP contribution < -0.4 is 11.3 Å². The molecule has 1 aromatic rings. The topological polar surface area (TPSA) is 71.2 Å². The molecule has 5 nitrogen and oxygen atoms in total. The largest absolute Gasteiger partial charge is 0.336 e. The quantitative estimate of drug-likeness (QED) is 0.612. The van der Waals surface area contributed by atoms with Crippen LogP contribution in [0.4, 0.5) is 19.0 Å².